The number of carbonyl (C=O) groups excluding carboxylic acids is 1. The van der Waals surface area contributed by atoms with Gasteiger partial charge in [-0.25, -0.2) is 4.79 Å². The number of urea groups is 1. The summed E-state index contributed by atoms with van der Waals surface area (Å²) in [7, 11) is 0. The van der Waals surface area contributed by atoms with E-state index in [1.165, 1.54) is 11.1 Å². The Hall–Kier alpha value is -2.47. The highest BCUT2D eigenvalue weighted by molar-refractivity contribution is 5.74. The van der Waals surface area contributed by atoms with E-state index in [0.29, 0.717) is 0 Å². The molecule has 1 saturated heterocycles. The number of nitrogens with zero attached hydrogens (tertiary/aromatic N) is 2. The molecule has 3 heterocycles. The minimum atomic E-state index is 0.0428. The van der Waals surface area contributed by atoms with Crippen LogP contribution in [0.2, 0.25) is 0 Å². The maximum Gasteiger partial charge on any atom is 0.317 e. The van der Waals surface area contributed by atoms with E-state index >= 15 is 0 Å². The number of hydrogen-bond donors (Lipinski definition) is 1. The molecule has 0 radical (unpaired) electrons. The van der Waals surface area contributed by atoms with Crippen LogP contribution in [0.3, 0.4) is 0 Å². The molecule has 2 amide bonds. The number of aryl methyl sites for hydroxylation is 1. The molecular weight excluding hydrogens is 354 g/mol. The summed E-state index contributed by atoms with van der Waals surface area (Å²) in [6, 6.07) is 10.6. The molecule has 6 nitrogen and oxygen atoms in total. The first kappa shape index (κ1) is 18.9. The van der Waals surface area contributed by atoms with Gasteiger partial charge in [-0.05, 0) is 42.7 Å². The molecule has 2 aliphatic rings. The van der Waals surface area contributed by atoms with Crippen molar-refractivity contribution < 1.29 is 13.9 Å². The molecule has 6 heteroatoms. The predicted molar refractivity (Wildman–Crippen MR) is 108 cm³/mol. The van der Waals surface area contributed by atoms with Crippen molar-refractivity contribution in [1.82, 2.24) is 15.1 Å². The Morgan fingerprint density at radius 1 is 1.21 bits per heavy atom. The van der Waals surface area contributed by atoms with Crippen LogP contribution in [-0.2, 0) is 19.4 Å². The minimum Gasteiger partial charge on any atom is -0.493 e. The Morgan fingerprint density at radius 2 is 2.07 bits per heavy atom. The van der Waals surface area contributed by atoms with E-state index in [0.717, 1.165) is 70.1 Å². The Labute approximate surface area is 166 Å². The fourth-order valence-electron chi connectivity index (χ4n) is 3.89. The van der Waals surface area contributed by atoms with Gasteiger partial charge in [-0.2, -0.15) is 0 Å². The highest BCUT2D eigenvalue weighted by Crippen LogP contribution is 2.26. The number of ether oxygens (including phenoxy) is 1. The molecule has 28 heavy (non-hydrogen) atoms. The summed E-state index contributed by atoms with van der Waals surface area (Å²) in [6.45, 7) is 7.13. The molecule has 2 aromatic rings. The molecule has 1 N–H and O–H groups in total. The molecule has 1 aromatic heterocycles. The molecule has 4 rings (SSSR count). The summed E-state index contributed by atoms with van der Waals surface area (Å²) in [6.07, 6.45) is 4.42. The van der Waals surface area contributed by atoms with Gasteiger partial charge in [0.15, 0.2) is 0 Å². The van der Waals surface area contributed by atoms with Crippen molar-refractivity contribution in [2.24, 2.45) is 0 Å². The first-order valence-electron chi connectivity index (χ1n) is 10.2. The average Bonchev–Trinajstić information content (AvgIpc) is 3.38. The van der Waals surface area contributed by atoms with Crippen molar-refractivity contribution >= 4 is 6.03 Å². The maximum absolute atomic E-state index is 12.5. The lowest BCUT2D eigenvalue weighted by Crippen LogP contribution is -2.52. The Kier molecular flexibility index (Phi) is 5.86. The molecule has 0 saturated carbocycles. The topological polar surface area (TPSA) is 58.0 Å². The Morgan fingerprint density at radius 3 is 2.86 bits per heavy atom. The van der Waals surface area contributed by atoms with Gasteiger partial charge < -0.3 is 19.4 Å². The number of amides is 2. The summed E-state index contributed by atoms with van der Waals surface area (Å²) >= 11 is 0. The number of carbonyl (C=O) groups is 1. The van der Waals surface area contributed by atoms with E-state index in [1.54, 1.807) is 6.26 Å². The van der Waals surface area contributed by atoms with Gasteiger partial charge >= 0.3 is 6.03 Å². The molecule has 2 aliphatic heterocycles. The van der Waals surface area contributed by atoms with Gasteiger partial charge in [0.25, 0.3) is 0 Å². The van der Waals surface area contributed by atoms with E-state index < -0.39 is 0 Å². The summed E-state index contributed by atoms with van der Waals surface area (Å²) in [5.41, 5.74) is 2.65. The first-order valence-corrected chi connectivity index (χ1v) is 10.2. The van der Waals surface area contributed by atoms with Gasteiger partial charge in [0.05, 0.1) is 12.9 Å². The van der Waals surface area contributed by atoms with Crippen LogP contribution in [0.4, 0.5) is 4.79 Å². The quantitative estimate of drug-likeness (QED) is 0.833. The first-order chi connectivity index (χ1) is 13.7. The number of fused-ring (bicyclic) bond motifs is 1. The van der Waals surface area contributed by atoms with Crippen molar-refractivity contribution in [3.63, 3.8) is 0 Å². The van der Waals surface area contributed by atoms with Gasteiger partial charge in [-0.1, -0.05) is 12.1 Å². The van der Waals surface area contributed by atoms with E-state index in [1.807, 2.05) is 17.0 Å². The van der Waals surface area contributed by atoms with E-state index in [9.17, 15) is 4.79 Å². The van der Waals surface area contributed by atoms with Crippen molar-refractivity contribution in [1.29, 1.82) is 0 Å². The van der Waals surface area contributed by atoms with Crippen LogP contribution < -0.4 is 10.1 Å². The van der Waals surface area contributed by atoms with Gasteiger partial charge in [0, 0.05) is 51.6 Å². The predicted octanol–water partition coefficient (Wildman–Crippen LogP) is 3.06. The zero-order valence-corrected chi connectivity index (χ0v) is 16.5. The number of rotatable bonds is 6. The number of furan rings is 1. The van der Waals surface area contributed by atoms with Crippen molar-refractivity contribution in [3.8, 4) is 5.75 Å². The van der Waals surface area contributed by atoms with Gasteiger partial charge in [-0.3, -0.25) is 4.90 Å². The van der Waals surface area contributed by atoms with Crippen LogP contribution in [0.15, 0.2) is 41.0 Å². The van der Waals surface area contributed by atoms with Crippen LogP contribution in [0, 0.1) is 0 Å². The van der Waals surface area contributed by atoms with Crippen molar-refractivity contribution in [3.05, 3.63) is 53.5 Å². The third-order valence-electron chi connectivity index (χ3n) is 5.59. The zero-order chi connectivity index (χ0) is 19.3. The van der Waals surface area contributed by atoms with E-state index in [4.69, 9.17) is 9.15 Å². The third-order valence-corrected chi connectivity index (χ3v) is 5.59. The monoisotopic (exact) mass is 383 g/mol. The van der Waals surface area contributed by atoms with Gasteiger partial charge in [-0.15, -0.1) is 0 Å². The lowest BCUT2D eigenvalue weighted by molar-refractivity contribution is 0.133. The number of hydrogen-bond acceptors (Lipinski definition) is 4. The molecule has 1 unspecified atom stereocenters. The lowest BCUT2D eigenvalue weighted by Gasteiger charge is -2.35. The molecule has 0 spiro atoms. The second-order valence-corrected chi connectivity index (χ2v) is 7.77. The van der Waals surface area contributed by atoms with Crippen molar-refractivity contribution in [2.75, 3.05) is 32.8 Å². The normalized spacial score (nSPS) is 17.8. The molecule has 1 aromatic carbocycles. The highest BCUT2D eigenvalue weighted by atomic mass is 16.5. The largest absolute Gasteiger partial charge is 0.493 e. The zero-order valence-electron chi connectivity index (χ0n) is 16.5. The number of nitrogens with one attached hydrogen (secondary N) is 1. The van der Waals surface area contributed by atoms with Crippen LogP contribution in [0.1, 0.15) is 30.2 Å². The lowest BCUT2D eigenvalue weighted by atomic mass is 10.1. The fraction of sp³-hybridized carbons (Fsp3) is 0.500. The second kappa shape index (κ2) is 8.69. The third kappa shape index (κ3) is 4.68. The van der Waals surface area contributed by atoms with Crippen LogP contribution in [0.25, 0.3) is 0 Å². The smallest absolute Gasteiger partial charge is 0.317 e. The SMILES string of the molecule is CC(CCc1ccco1)NC(=O)N1CCN(Cc2ccc3c(c2)CCO3)CC1. The van der Waals surface area contributed by atoms with Crippen molar-refractivity contribution in [2.45, 2.75) is 38.8 Å². The van der Waals surface area contributed by atoms with Crippen LogP contribution in [-0.4, -0.2) is 54.7 Å². The summed E-state index contributed by atoms with van der Waals surface area (Å²) < 4.78 is 10.9. The molecule has 0 bridgehead atoms. The minimum absolute atomic E-state index is 0.0428. The maximum atomic E-state index is 12.5. The van der Waals surface area contributed by atoms with E-state index in [-0.39, 0.29) is 12.1 Å². The molecular formula is C22H29N3O3. The molecule has 0 aliphatic carbocycles. The molecule has 1 fully saturated rings. The Bertz CT molecular complexity index is 782. The van der Waals surface area contributed by atoms with E-state index in [2.05, 4.69) is 35.3 Å². The van der Waals surface area contributed by atoms with Gasteiger partial charge in [0.1, 0.15) is 11.5 Å². The number of piperazine rings is 1. The van der Waals surface area contributed by atoms with Crippen LogP contribution in [0.5, 0.6) is 5.75 Å². The molecule has 1 atom stereocenters. The summed E-state index contributed by atoms with van der Waals surface area (Å²) in [5, 5.41) is 3.12. The summed E-state index contributed by atoms with van der Waals surface area (Å²) in [5.74, 6) is 2.00. The Balaban J connectivity index is 1.19. The van der Waals surface area contributed by atoms with Gasteiger partial charge in [0.2, 0.25) is 0 Å². The number of benzene rings is 1. The summed E-state index contributed by atoms with van der Waals surface area (Å²) in [4.78, 5) is 16.9. The second-order valence-electron chi connectivity index (χ2n) is 7.77. The van der Waals surface area contributed by atoms with Crippen LogP contribution >= 0.6 is 0 Å². The standard InChI is InChI=1S/C22H29N3O3/c1-17(4-6-20-3-2-13-27-20)23-22(26)25-11-9-24(10-12-25)16-18-5-7-21-19(15-18)8-14-28-21/h2-3,5,7,13,15,17H,4,6,8-12,14,16H2,1H3,(H,23,26). The fourth-order valence-corrected chi connectivity index (χ4v) is 3.89. The average molecular weight is 383 g/mol. The molecule has 150 valence electrons. The highest BCUT2D eigenvalue weighted by Gasteiger charge is 2.22.